The van der Waals surface area contributed by atoms with E-state index < -0.39 is 0 Å². The molecule has 19 heavy (non-hydrogen) atoms. The molecule has 0 aliphatic heterocycles. The summed E-state index contributed by atoms with van der Waals surface area (Å²) in [6.07, 6.45) is 0. The first-order valence-electron chi connectivity index (χ1n) is 6.34. The Balaban J connectivity index is 2.36. The first-order chi connectivity index (χ1) is 9.15. The largest absolute Gasteiger partial charge is 0.342 e. The number of rotatable bonds is 4. The van der Waals surface area contributed by atoms with E-state index >= 15 is 0 Å². The molecule has 0 fully saturated rings. The Morgan fingerprint density at radius 3 is 2.21 bits per heavy atom. The average Bonchev–Trinajstić information content (AvgIpc) is 2.42. The van der Waals surface area contributed by atoms with Crippen LogP contribution in [0.2, 0.25) is 0 Å². The maximum absolute atomic E-state index is 5.89. The quantitative estimate of drug-likeness (QED) is 0.651. The predicted octanol–water partition coefficient (Wildman–Crippen LogP) is 5.65. The molecule has 0 radical (unpaired) electrons. The van der Waals surface area contributed by atoms with Crippen molar-refractivity contribution in [3.05, 3.63) is 58.1 Å². The lowest BCUT2D eigenvalue weighted by atomic mass is 10.1. The number of benzene rings is 2. The first-order valence-corrected chi connectivity index (χ1v) is 7.67. The van der Waals surface area contributed by atoms with Crippen LogP contribution in [0.25, 0.3) is 0 Å². The van der Waals surface area contributed by atoms with Crippen molar-refractivity contribution >= 4 is 38.9 Å². The lowest BCUT2D eigenvalue weighted by Crippen LogP contribution is -2.15. The van der Waals surface area contributed by atoms with Crippen molar-refractivity contribution in [1.82, 2.24) is 0 Å². The highest BCUT2D eigenvalue weighted by atomic mass is 79.9. The van der Waals surface area contributed by atoms with E-state index in [9.17, 15) is 0 Å². The van der Waals surface area contributed by atoms with Crippen molar-refractivity contribution < 1.29 is 0 Å². The van der Waals surface area contributed by atoms with Crippen LogP contribution in [-0.2, 0) is 5.88 Å². The van der Waals surface area contributed by atoms with E-state index in [0.717, 1.165) is 16.6 Å². The number of nitrogens with zero attached hydrogens (tertiary/aromatic N) is 1. The summed E-state index contributed by atoms with van der Waals surface area (Å²) in [7, 11) is 0. The van der Waals surface area contributed by atoms with Gasteiger partial charge in [-0.2, -0.15) is 0 Å². The van der Waals surface area contributed by atoms with Crippen molar-refractivity contribution in [2.45, 2.75) is 19.7 Å². The van der Waals surface area contributed by atoms with Gasteiger partial charge in [0, 0.05) is 28.3 Å². The molecule has 100 valence electrons. The fourth-order valence-electron chi connectivity index (χ4n) is 2.05. The van der Waals surface area contributed by atoms with Crippen LogP contribution in [0.1, 0.15) is 18.1 Å². The molecule has 0 heterocycles. The van der Waals surface area contributed by atoms with Gasteiger partial charge in [0.05, 0.1) is 0 Å². The Morgan fingerprint density at radius 2 is 1.68 bits per heavy atom. The topological polar surface area (TPSA) is 3.24 Å². The Morgan fingerprint density at radius 1 is 1.05 bits per heavy atom. The van der Waals surface area contributed by atoms with E-state index in [4.69, 9.17) is 11.6 Å². The van der Waals surface area contributed by atoms with Crippen LogP contribution >= 0.6 is 27.5 Å². The second kappa shape index (κ2) is 6.44. The third kappa shape index (κ3) is 3.31. The molecule has 0 atom stereocenters. The summed E-state index contributed by atoms with van der Waals surface area (Å²) >= 11 is 9.47. The molecule has 1 nitrogen and oxygen atoms in total. The third-order valence-corrected chi connectivity index (χ3v) is 4.18. The Labute approximate surface area is 128 Å². The molecule has 0 saturated heterocycles. The van der Waals surface area contributed by atoms with E-state index in [1.807, 2.05) is 0 Å². The van der Waals surface area contributed by atoms with E-state index in [0.29, 0.717) is 5.88 Å². The highest BCUT2D eigenvalue weighted by molar-refractivity contribution is 9.10. The maximum Gasteiger partial charge on any atom is 0.0485 e. The van der Waals surface area contributed by atoms with Crippen LogP contribution in [0.5, 0.6) is 0 Å². The molecule has 0 aromatic heterocycles. The second-order valence-electron chi connectivity index (χ2n) is 4.49. The van der Waals surface area contributed by atoms with Gasteiger partial charge in [-0.25, -0.2) is 0 Å². The number of hydrogen-bond acceptors (Lipinski definition) is 1. The molecular formula is C16H17BrClN. The van der Waals surface area contributed by atoms with Crippen LogP contribution < -0.4 is 4.90 Å². The summed E-state index contributed by atoms with van der Waals surface area (Å²) < 4.78 is 1.06. The first kappa shape index (κ1) is 14.4. The van der Waals surface area contributed by atoms with Crippen molar-refractivity contribution in [2.75, 3.05) is 11.4 Å². The van der Waals surface area contributed by atoms with Crippen molar-refractivity contribution in [3.63, 3.8) is 0 Å². The normalized spacial score (nSPS) is 10.5. The Bertz CT molecular complexity index is 551. The summed E-state index contributed by atoms with van der Waals surface area (Å²) in [5.74, 6) is 0.525. The molecule has 0 aliphatic carbocycles. The van der Waals surface area contributed by atoms with Gasteiger partial charge in [-0.3, -0.25) is 0 Å². The number of alkyl halides is 1. The van der Waals surface area contributed by atoms with Crippen LogP contribution in [-0.4, -0.2) is 6.54 Å². The molecule has 0 spiro atoms. The maximum atomic E-state index is 5.89. The highest BCUT2D eigenvalue weighted by Crippen LogP contribution is 2.30. The highest BCUT2D eigenvalue weighted by Gasteiger charge is 2.09. The number of halogens is 2. The van der Waals surface area contributed by atoms with E-state index in [-0.39, 0.29) is 0 Å². The fraction of sp³-hybridized carbons (Fsp3) is 0.250. The van der Waals surface area contributed by atoms with Gasteiger partial charge >= 0.3 is 0 Å². The van der Waals surface area contributed by atoms with Crippen molar-refractivity contribution in [2.24, 2.45) is 0 Å². The summed E-state index contributed by atoms with van der Waals surface area (Å²) in [6.45, 7) is 5.19. The lowest BCUT2D eigenvalue weighted by molar-refractivity contribution is 1.02. The summed E-state index contributed by atoms with van der Waals surface area (Å²) in [6, 6.07) is 14.9. The molecule has 2 rings (SSSR count). The molecular weight excluding hydrogens is 322 g/mol. The number of aryl methyl sites for hydroxylation is 1. The predicted molar refractivity (Wildman–Crippen MR) is 87.6 cm³/mol. The minimum Gasteiger partial charge on any atom is -0.342 e. The van der Waals surface area contributed by atoms with Gasteiger partial charge in [0.25, 0.3) is 0 Å². The summed E-state index contributed by atoms with van der Waals surface area (Å²) in [5.41, 5.74) is 4.77. The second-order valence-corrected chi connectivity index (χ2v) is 5.61. The molecule has 2 aromatic carbocycles. The van der Waals surface area contributed by atoms with E-state index in [1.54, 1.807) is 0 Å². The monoisotopic (exact) mass is 337 g/mol. The third-order valence-electron chi connectivity index (χ3n) is 3.15. The molecule has 2 aromatic rings. The summed E-state index contributed by atoms with van der Waals surface area (Å²) in [5, 5.41) is 0. The van der Waals surface area contributed by atoms with Gasteiger partial charge in [0.1, 0.15) is 0 Å². The molecule has 0 aliphatic rings. The minimum atomic E-state index is 0.525. The van der Waals surface area contributed by atoms with E-state index in [2.05, 4.69) is 77.1 Å². The fourth-order valence-corrected chi connectivity index (χ4v) is 2.95. The average molecular weight is 339 g/mol. The molecule has 0 unspecified atom stereocenters. The smallest absolute Gasteiger partial charge is 0.0485 e. The zero-order valence-corrected chi connectivity index (χ0v) is 13.5. The minimum absolute atomic E-state index is 0.525. The van der Waals surface area contributed by atoms with Crippen LogP contribution in [0, 0.1) is 6.92 Å². The van der Waals surface area contributed by atoms with Gasteiger partial charge in [-0.1, -0.05) is 39.7 Å². The van der Waals surface area contributed by atoms with Crippen LogP contribution in [0.3, 0.4) is 0 Å². The zero-order chi connectivity index (χ0) is 13.8. The molecule has 0 bridgehead atoms. The number of anilines is 2. The van der Waals surface area contributed by atoms with Gasteiger partial charge < -0.3 is 4.90 Å². The van der Waals surface area contributed by atoms with Crippen molar-refractivity contribution in [1.29, 1.82) is 0 Å². The van der Waals surface area contributed by atoms with E-state index in [1.165, 1.54) is 16.9 Å². The molecule has 0 amide bonds. The van der Waals surface area contributed by atoms with Gasteiger partial charge in [-0.05, 0) is 43.7 Å². The molecule has 3 heteroatoms. The molecule has 0 N–H and O–H groups in total. The Kier molecular flexibility index (Phi) is 4.89. The lowest BCUT2D eigenvalue weighted by Gasteiger charge is -2.24. The van der Waals surface area contributed by atoms with Gasteiger partial charge in [0.2, 0.25) is 0 Å². The van der Waals surface area contributed by atoms with Crippen LogP contribution in [0.15, 0.2) is 46.9 Å². The summed E-state index contributed by atoms with van der Waals surface area (Å²) in [4.78, 5) is 2.28. The number of hydrogen-bond donors (Lipinski definition) is 0. The van der Waals surface area contributed by atoms with Crippen LogP contribution in [0.4, 0.5) is 11.4 Å². The molecule has 0 saturated carbocycles. The van der Waals surface area contributed by atoms with Gasteiger partial charge in [0.15, 0.2) is 0 Å². The Hall–Kier alpha value is -0.990. The van der Waals surface area contributed by atoms with Gasteiger partial charge in [-0.15, -0.1) is 11.6 Å². The SMILES string of the molecule is CCN(c1ccc(C)cc1)c1ccc(CCl)c(Br)c1. The zero-order valence-electron chi connectivity index (χ0n) is 11.2. The van der Waals surface area contributed by atoms with Crippen molar-refractivity contribution in [3.8, 4) is 0 Å². The standard InChI is InChI=1S/C16H17BrClN/c1-3-19(14-7-4-12(2)5-8-14)15-9-6-13(11-18)16(17)10-15/h4-10H,3,11H2,1-2H3.